The minimum absolute atomic E-state index is 0.234. The second-order valence-electron chi connectivity index (χ2n) is 7.08. The Bertz CT molecular complexity index is 891. The number of methoxy groups -OCH3 is 1. The molecule has 29 heavy (non-hydrogen) atoms. The molecule has 1 aromatic heterocycles. The summed E-state index contributed by atoms with van der Waals surface area (Å²) < 4.78 is 5.17. The molecule has 154 valence electrons. The Morgan fingerprint density at radius 2 is 1.90 bits per heavy atom. The van der Waals surface area contributed by atoms with Gasteiger partial charge in [0.05, 0.1) is 18.2 Å². The highest BCUT2D eigenvalue weighted by atomic mass is 35.5. The van der Waals surface area contributed by atoms with E-state index in [2.05, 4.69) is 10.2 Å². The van der Waals surface area contributed by atoms with E-state index in [1.165, 1.54) is 0 Å². The number of allylic oxidation sites excluding steroid dienone is 4. The van der Waals surface area contributed by atoms with E-state index in [1.807, 2.05) is 56.3 Å². The van der Waals surface area contributed by atoms with Crippen molar-refractivity contribution in [1.82, 2.24) is 9.97 Å². The van der Waals surface area contributed by atoms with Gasteiger partial charge in [-0.1, -0.05) is 41.9 Å². The van der Waals surface area contributed by atoms with Crippen LogP contribution in [0.1, 0.15) is 26.7 Å². The smallest absolute Gasteiger partial charge is 0.163 e. The third kappa shape index (κ3) is 5.71. The molecule has 1 aliphatic heterocycles. The van der Waals surface area contributed by atoms with Gasteiger partial charge in [-0.15, -0.1) is 0 Å². The van der Waals surface area contributed by atoms with Crippen molar-refractivity contribution in [2.45, 2.75) is 32.8 Å². The maximum atomic E-state index is 9.82. The maximum Gasteiger partial charge on any atom is 0.163 e. The molecule has 1 fully saturated rings. The van der Waals surface area contributed by atoms with Gasteiger partial charge < -0.3 is 20.1 Å². The number of hydrogen-bond acceptors (Lipinski definition) is 6. The first-order valence-electron chi connectivity index (χ1n) is 9.69. The molecule has 0 atom stereocenters. The minimum atomic E-state index is -0.234. The number of ether oxygens (including phenoxy) is 1. The van der Waals surface area contributed by atoms with Gasteiger partial charge in [-0.05, 0) is 32.8 Å². The SMILES string of the molecule is CO/C(C)=C(Cl)/C=C(\C)Nc1cc(N2CCC(O)CC2)nc(-c2ccccc2)n1. The Labute approximate surface area is 176 Å². The minimum Gasteiger partial charge on any atom is -0.500 e. The molecule has 0 aliphatic carbocycles. The number of aliphatic hydroxyl groups excluding tert-OH is 1. The fourth-order valence-corrected chi connectivity index (χ4v) is 3.34. The molecule has 0 spiro atoms. The zero-order valence-corrected chi connectivity index (χ0v) is 17.8. The number of hydrogen-bond donors (Lipinski definition) is 2. The Morgan fingerprint density at radius 3 is 2.55 bits per heavy atom. The third-order valence-electron chi connectivity index (χ3n) is 4.84. The first-order chi connectivity index (χ1) is 14.0. The van der Waals surface area contributed by atoms with Crippen LogP contribution in [0, 0.1) is 0 Å². The molecule has 1 aromatic carbocycles. The molecule has 7 heteroatoms. The normalized spacial score (nSPS) is 16.4. The Hall–Kier alpha value is -2.57. The second kappa shape index (κ2) is 9.76. The van der Waals surface area contributed by atoms with Crippen LogP contribution in [-0.2, 0) is 4.74 Å². The van der Waals surface area contributed by atoms with Crippen LogP contribution in [0.4, 0.5) is 11.6 Å². The van der Waals surface area contributed by atoms with Crippen LogP contribution >= 0.6 is 11.6 Å². The topological polar surface area (TPSA) is 70.5 Å². The van der Waals surface area contributed by atoms with Crippen molar-refractivity contribution in [3.63, 3.8) is 0 Å². The van der Waals surface area contributed by atoms with E-state index in [4.69, 9.17) is 26.3 Å². The molecular formula is C22H27ClN4O2. The summed E-state index contributed by atoms with van der Waals surface area (Å²) in [4.78, 5) is 11.7. The summed E-state index contributed by atoms with van der Waals surface area (Å²) in [6.07, 6.45) is 3.05. The number of aromatic nitrogens is 2. The van der Waals surface area contributed by atoms with Gasteiger partial charge in [0.1, 0.15) is 17.4 Å². The van der Waals surface area contributed by atoms with Crippen molar-refractivity contribution in [2.75, 3.05) is 30.4 Å². The summed E-state index contributed by atoms with van der Waals surface area (Å²) >= 11 is 6.26. The first-order valence-corrected chi connectivity index (χ1v) is 10.1. The average molecular weight is 415 g/mol. The zero-order chi connectivity index (χ0) is 20.8. The van der Waals surface area contributed by atoms with E-state index in [1.54, 1.807) is 7.11 Å². The average Bonchev–Trinajstić information content (AvgIpc) is 2.73. The summed E-state index contributed by atoms with van der Waals surface area (Å²) in [6.45, 7) is 5.27. The van der Waals surface area contributed by atoms with Crippen molar-refractivity contribution < 1.29 is 9.84 Å². The summed E-state index contributed by atoms with van der Waals surface area (Å²) in [5.74, 6) is 2.83. The van der Waals surface area contributed by atoms with Crippen LogP contribution in [0.5, 0.6) is 0 Å². The van der Waals surface area contributed by atoms with E-state index < -0.39 is 0 Å². The lowest BCUT2D eigenvalue weighted by atomic mass is 10.1. The standard InChI is InChI=1S/C22H27ClN4O2/c1-15(13-19(23)16(2)29-3)24-20-14-21(27-11-9-18(28)10-12-27)26-22(25-20)17-7-5-4-6-8-17/h4-8,13-14,18,28H,9-12H2,1-3H3,(H,24,25,26)/b15-13+,19-16-. The predicted octanol–water partition coefficient (Wildman–Crippen LogP) is 4.54. The summed E-state index contributed by atoms with van der Waals surface area (Å²) in [5, 5.41) is 13.7. The molecular weight excluding hydrogens is 388 g/mol. The lowest BCUT2D eigenvalue weighted by Gasteiger charge is -2.31. The largest absolute Gasteiger partial charge is 0.500 e. The number of rotatable bonds is 6. The number of nitrogens with zero attached hydrogens (tertiary/aromatic N) is 3. The van der Waals surface area contributed by atoms with Gasteiger partial charge in [0.2, 0.25) is 0 Å². The van der Waals surface area contributed by atoms with Crippen LogP contribution in [0.25, 0.3) is 11.4 Å². The Balaban J connectivity index is 1.93. The Morgan fingerprint density at radius 1 is 1.21 bits per heavy atom. The Kier molecular flexibility index (Phi) is 7.12. The molecule has 0 amide bonds. The fraction of sp³-hybridized carbons (Fsp3) is 0.364. The van der Waals surface area contributed by atoms with Gasteiger partial charge in [0.25, 0.3) is 0 Å². The zero-order valence-electron chi connectivity index (χ0n) is 17.0. The van der Waals surface area contributed by atoms with Gasteiger partial charge in [0, 0.05) is 30.4 Å². The van der Waals surface area contributed by atoms with Gasteiger partial charge in [-0.2, -0.15) is 0 Å². The van der Waals surface area contributed by atoms with Crippen molar-refractivity contribution >= 4 is 23.2 Å². The molecule has 6 nitrogen and oxygen atoms in total. The van der Waals surface area contributed by atoms with Crippen molar-refractivity contribution in [3.8, 4) is 11.4 Å². The van der Waals surface area contributed by atoms with E-state index in [0.29, 0.717) is 22.4 Å². The lowest BCUT2D eigenvalue weighted by Crippen LogP contribution is -2.36. The van der Waals surface area contributed by atoms with E-state index >= 15 is 0 Å². The highest BCUT2D eigenvalue weighted by molar-refractivity contribution is 6.31. The summed E-state index contributed by atoms with van der Waals surface area (Å²) in [6, 6.07) is 11.8. The first kappa shape index (κ1) is 21.1. The third-order valence-corrected chi connectivity index (χ3v) is 5.22. The quantitative estimate of drug-likeness (QED) is 0.534. The molecule has 3 rings (SSSR count). The van der Waals surface area contributed by atoms with Gasteiger partial charge >= 0.3 is 0 Å². The molecule has 2 aromatic rings. The molecule has 0 unspecified atom stereocenters. The molecule has 1 saturated heterocycles. The van der Waals surface area contributed by atoms with Crippen molar-refractivity contribution in [1.29, 1.82) is 0 Å². The van der Waals surface area contributed by atoms with E-state index in [0.717, 1.165) is 43.0 Å². The van der Waals surface area contributed by atoms with E-state index in [9.17, 15) is 5.11 Å². The number of benzene rings is 1. The predicted molar refractivity (Wildman–Crippen MR) is 118 cm³/mol. The monoisotopic (exact) mass is 414 g/mol. The lowest BCUT2D eigenvalue weighted by molar-refractivity contribution is 0.145. The molecule has 0 saturated carbocycles. The van der Waals surface area contributed by atoms with Crippen LogP contribution in [0.2, 0.25) is 0 Å². The van der Waals surface area contributed by atoms with Crippen molar-refractivity contribution in [2.24, 2.45) is 0 Å². The number of nitrogens with one attached hydrogen (secondary N) is 1. The van der Waals surface area contributed by atoms with Gasteiger partial charge in [0.15, 0.2) is 5.82 Å². The summed E-state index contributed by atoms with van der Waals surface area (Å²) in [7, 11) is 1.59. The number of anilines is 2. The molecule has 1 aliphatic rings. The van der Waals surface area contributed by atoms with Crippen LogP contribution in [0.3, 0.4) is 0 Å². The number of halogens is 1. The highest BCUT2D eigenvalue weighted by Gasteiger charge is 2.20. The highest BCUT2D eigenvalue weighted by Crippen LogP contribution is 2.26. The number of piperidine rings is 1. The van der Waals surface area contributed by atoms with Gasteiger partial charge in [-0.3, -0.25) is 0 Å². The molecule has 2 N–H and O–H groups in total. The number of aliphatic hydroxyl groups is 1. The molecule has 2 heterocycles. The molecule has 0 radical (unpaired) electrons. The van der Waals surface area contributed by atoms with E-state index in [-0.39, 0.29) is 6.10 Å². The van der Waals surface area contributed by atoms with Gasteiger partial charge in [-0.25, -0.2) is 9.97 Å². The second-order valence-corrected chi connectivity index (χ2v) is 7.49. The molecule has 0 bridgehead atoms. The fourth-order valence-electron chi connectivity index (χ4n) is 3.10. The van der Waals surface area contributed by atoms with Crippen LogP contribution in [0.15, 0.2) is 59.0 Å². The summed E-state index contributed by atoms with van der Waals surface area (Å²) in [5.41, 5.74) is 1.79. The van der Waals surface area contributed by atoms with Crippen LogP contribution in [-0.4, -0.2) is 41.4 Å². The maximum absolute atomic E-state index is 9.82. The van der Waals surface area contributed by atoms with Crippen molar-refractivity contribution in [3.05, 3.63) is 59.0 Å². The van der Waals surface area contributed by atoms with Crippen LogP contribution < -0.4 is 10.2 Å².